The van der Waals surface area contributed by atoms with Crippen molar-refractivity contribution < 1.29 is 23.5 Å². The van der Waals surface area contributed by atoms with E-state index in [2.05, 4.69) is 5.32 Å². The van der Waals surface area contributed by atoms with Crippen LogP contribution in [0.25, 0.3) is 6.08 Å². The molecule has 0 atom stereocenters. The SMILES string of the molecule is CN1C(=O)NC(=O)/C(=C\c2ccc(OCc3ccc(F)c(Cl)c3)c(Cl)c2)C1=O. The normalized spacial score (nSPS) is 15.8. The molecule has 9 heteroatoms. The van der Waals surface area contributed by atoms with Gasteiger partial charge in [-0.15, -0.1) is 0 Å². The number of hydrogen-bond donors (Lipinski definition) is 1. The number of hydrogen-bond acceptors (Lipinski definition) is 4. The van der Waals surface area contributed by atoms with Gasteiger partial charge in [0.15, 0.2) is 0 Å². The lowest BCUT2D eigenvalue weighted by atomic mass is 10.1. The third kappa shape index (κ3) is 4.16. The van der Waals surface area contributed by atoms with E-state index >= 15 is 0 Å². The minimum absolute atomic E-state index is 0.00644. The van der Waals surface area contributed by atoms with Crippen molar-refractivity contribution in [1.82, 2.24) is 10.2 Å². The van der Waals surface area contributed by atoms with Crippen molar-refractivity contribution in [1.29, 1.82) is 0 Å². The highest BCUT2D eigenvalue weighted by Crippen LogP contribution is 2.28. The first-order valence-electron chi connectivity index (χ1n) is 7.97. The van der Waals surface area contributed by atoms with Gasteiger partial charge in [-0.3, -0.25) is 19.8 Å². The number of urea groups is 1. The molecular formula is C19H13Cl2FN2O4. The zero-order chi connectivity index (χ0) is 20.4. The summed E-state index contributed by atoms with van der Waals surface area (Å²) in [7, 11) is 1.27. The van der Waals surface area contributed by atoms with Crippen LogP contribution in [0.5, 0.6) is 5.75 Å². The minimum atomic E-state index is -0.783. The van der Waals surface area contributed by atoms with E-state index in [1.165, 1.54) is 31.3 Å². The molecular weight excluding hydrogens is 410 g/mol. The van der Waals surface area contributed by atoms with Crippen LogP contribution in [0, 0.1) is 5.82 Å². The molecule has 3 rings (SSSR count). The molecule has 0 saturated carbocycles. The van der Waals surface area contributed by atoms with Gasteiger partial charge in [0.25, 0.3) is 11.8 Å². The minimum Gasteiger partial charge on any atom is -0.487 e. The monoisotopic (exact) mass is 422 g/mol. The number of rotatable bonds is 4. The summed E-state index contributed by atoms with van der Waals surface area (Å²) in [6, 6.07) is 8.13. The molecule has 0 unspecified atom stereocenters. The van der Waals surface area contributed by atoms with Crippen LogP contribution < -0.4 is 10.1 Å². The second kappa shape index (κ2) is 8.00. The van der Waals surface area contributed by atoms with E-state index in [0.717, 1.165) is 4.90 Å². The van der Waals surface area contributed by atoms with Gasteiger partial charge in [0.2, 0.25) is 0 Å². The molecule has 1 heterocycles. The smallest absolute Gasteiger partial charge is 0.331 e. The van der Waals surface area contributed by atoms with Gasteiger partial charge in [-0.2, -0.15) is 0 Å². The van der Waals surface area contributed by atoms with Crippen molar-refractivity contribution in [2.75, 3.05) is 7.05 Å². The zero-order valence-electron chi connectivity index (χ0n) is 14.5. The number of barbiturate groups is 1. The number of likely N-dealkylation sites (N-methyl/N-ethyl adjacent to an activating group) is 1. The first kappa shape index (κ1) is 19.9. The summed E-state index contributed by atoms with van der Waals surface area (Å²) in [5.41, 5.74) is 0.946. The first-order valence-corrected chi connectivity index (χ1v) is 8.73. The predicted molar refractivity (Wildman–Crippen MR) is 101 cm³/mol. The van der Waals surface area contributed by atoms with Crippen molar-refractivity contribution in [3.63, 3.8) is 0 Å². The number of benzene rings is 2. The van der Waals surface area contributed by atoms with E-state index in [1.54, 1.807) is 18.2 Å². The van der Waals surface area contributed by atoms with E-state index in [9.17, 15) is 18.8 Å². The molecule has 0 radical (unpaired) electrons. The Balaban J connectivity index is 1.76. The molecule has 1 fully saturated rings. The summed E-state index contributed by atoms with van der Waals surface area (Å²) < 4.78 is 18.8. The Hall–Kier alpha value is -2.90. The van der Waals surface area contributed by atoms with Crippen LogP contribution in [0.1, 0.15) is 11.1 Å². The lowest BCUT2D eigenvalue weighted by molar-refractivity contribution is -0.129. The fraction of sp³-hybridized carbons (Fsp3) is 0.105. The van der Waals surface area contributed by atoms with Crippen LogP contribution in [-0.2, 0) is 16.2 Å². The van der Waals surface area contributed by atoms with Gasteiger partial charge >= 0.3 is 6.03 Å². The number of nitrogens with one attached hydrogen (secondary N) is 1. The molecule has 0 bridgehead atoms. The molecule has 1 N–H and O–H groups in total. The summed E-state index contributed by atoms with van der Waals surface area (Å²) in [6.07, 6.45) is 1.33. The Labute approximate surface area is 169 Å². The molecule has 1 saturated heterocycles. The number of imide groups is 2. The topological polar surface area (TPSA) is 75.7 Å². The van der Waals surface area contributed by atoms with Gasteiger partial charge in [0.1, 0.15) is 23.7 Å². The van der Waals surface area contributed by atoms with Crippen LogP contribution in [0.4, 0.5) is 9.18 Å². The summed E-state index contributed by atoms with van der Waals surface area (Å²) in [5, 5.41) is 2.31. The average Bonchev–Trinajstić information content (AvgIpc) is 2.65. The van der Waals surface area contributed by atoms with Crippen LogP contribution in [0.2, 0.25) is 10.0 Å². The summed E-state index contributed by atoms with van der Waals surface area (Å²) in [5.74, 6) is -1.65. The Morgan fingerprint density at radius 1 is 1.11 bits per heavy atom. The fourth-order valence-corrected chi connectivity index (χ4v) is 2.87. The van der Waals surface area contributed by atoms with Gasteiger partial charge in [-0.05, 0) is 41.5 Å². The van der Waals surface area contributed by atoms with Gasteiger partial charge < -0.3 is 4.74 Å². The number of ether oxygens (including phenoxy) is 1. The first-order chi connectivity index (χ1) is 13.3. The number of carbonyl (C=O) groups excluding carboxylic acids is 3. The average molecular weight is 423 g/mol. The van der Waals surface area contributed by atoms with E-state index < -0.39 is 23.7 Å². The summed E-state index contributed by atoms with van der Waals surface area (Å²) in [6.45, 7) is 0.119. The van der Waals surface area contributed by atoms with E-state index in [0.29, 0.717) is 16.9 Å². The standard InChI is InChI=1S/C19H13Cl2FN2O4/c1-24-18(26)12(17(25)23-19(24)27)6-10-3-5-16(14(21)7-10)28-9-11-2-4-15(22)13(20)8-11/h2-8H,9H2,1H3,(H,23,25,27)/b12-6+. The van der Waals surface area contributed by atoms with Crippen LogP contribution >= 0.6 is 23.2 Å². The van der Waals surface area contributed by atoms with Gasteiger partial charge in [-0.25, -0.2) is 9.18 Å². The molecule has 28 heavy (non-hydrogen) atoms. The van der Waals surface area contributed by atoms with E-state index in [1.807, 2.05) is 0 Å². The maximum Gasteiger partial charge on any atom is 0.331 e. The van der Waals surface area contributed by atoms with Gasteiger partial charge in [0.05, 0.1) is 10.0 Å². The second-order valence-electron chi connectivity index (χ2n) is 5.91. The molecule has 1 aliphatic heterocycles. The Bertz CT molecular complexity index is 1020. The van der Waals surface area contributed by atoms with Crippen molar-refractivity contribution in [2.24, 2.45) is 0 Å². The molecule has 144 valence electrons. The highest BCUT2D eigenvalue weighted by Gasteiger charge is 2.32. The number of nitrogens with zero attached hydrogens (tertiary/aromatic N) is 1. The van der Waals surface area contributed by atoms with Crippen LogP contribution in [0.15, 0.2) is 42.0 Å². The lowest BCUT2D eigenvalue weighted by Gasteiger charge is -2.22. The Kier molecular flexibility index (Phi) is 5.67. The highest BCUT2D eigenvalue weighted by atomic mass is 35.5. The van der Waals surface area contributed by atoms with Crippen molar-refractivity contribution in [2.45, 2.75) is 6.61 Å². The third-order valence-corrected chi connectivity index (χ3v) is 4.54. The molecule has 2 aromatic rings. The molecule has 4 amide bonds. The van der Waals surface area contributed by atoms with Crippen molar-refractivity contribution in [3.8, 4) is 5.75 Å². The van der Waals surface area contributed by atoms with Crippen LogP contribution in [0.3, 0.4) is 0 Å². The lowest BCUT2D eigenvalue weighted by Crippen LogP contribution is -2.52. The van der Waals surface area contributed by atoms with Crippen molar-refractivity contribution >= 4 is 47.1 Å². The molecule has 6 nitrogen and oxygen atoms in total. The summed E-state index contributed by atoms with van der Waals surface area (Å²) >= 11 is 11.9. The molecule has 0 spiro atoms. The maximum atomic E-state index is 13.2. The Morgan fingerprint density at radius 2 is 1.86 bits per heavy atom. The molecule has 2 aromatic carbocycles. The number of carbonyl (C=O) groups is 3. The number of halogens is 3. The molecule has 0 aromatic heterocycles. The second-order valence-corrected chi connectivity index (χ2v) is 6.72. The predicted octanol–water partition coefficient (Wildman–Crippen LogP) is 3.80. The van der Waals surface area contributed by atoms with Crippen molar-refractivity contribution in [3.05, 3.63) is 69.0 Å². The number of amides is 4. The fourth-order valence-electron chi connectivity index (χ4n) is 2.43. The van der Waals surface area contributed by atoms with Crippen LogP contribution in [-0.4, -0.2) is 29.8 Å². The zero-order valence-corrected chi connectivity index (χ0v) is 16.0. The highest BCUT2D eigenvalue weighted by molar-refractivity contribution is 6.33. The van der Waals surface area contributed by atoms with E-state index in [4.69, 9.17) is 27.9 Å². The summed E-state index contributed by atoms with van der Waals surface area (Å²) in [4.78, 5) is 36.2. The van der Waals surface area contributed by atoms with Gasteiger partial charge in [0, 0.05) is 7.05 Å². The maximum absolute atomic E-state index is 13.2. The quantitative estimate of drug-likeness (QED) is 0.600. The third-order valence-electron chi connectivity index (χ3n) is 3.95. The van der Waals surface area contributed by atoms with Gasteiger partial charge in [-0.1, -0.05) is 35.3 Å². The molecule has 0 aliphatic carbocycles. The molecule has 1 aliphatic rings. The Morgan fingerprint density at radius 3 is 2.54 bits per heavy atom. The largest absolute Gasteiger partial charge is 0.487 e. The van der Waals surface area contributed by atoms with E-state index in [-0.39, 0.29) is 22.2 Å².